The lowest BCUT2D eigenvalue weighted by atomic mass is 10.1. The molecule has 0 bridgehead atoms. The third-order valence-electron chi connectivity index (χ3n) is 3.02. The summed E-state index contributed by atoms with van der Waals surface area (Å²) in [5.74, 6) is 0.962. The molecule has 1 N–H and O–H groups in total. The standard InChI is InChI=1S/C14H20ClNO2/c1-3-17-10(2)8-16-9-13-7-11-6-12(15)4-5-14(11)18-13/h4-6,10,13,16H,3,7-9H2,1-2H3. The van der Waals surface area contributed by atoms with E-state index < -0.39 is 0 Å². The number of benzene rings is 1. The van der Waals surface area contributed by atoms with E-state index in [0.29, 0.717) is 0 Å². The van der Waals surface area contributed by atoms with Gasteiger partial charge in [-0.1, -0.05) is 11.6 Å². The number of hydrogen-bond donors (Lipinski definition) is 1. The maximum absolute atomic E-state index is 5.96. The van der Waals surface area contributed by atoms with Gasteiger partial charge in [-0.15, -0.1) is 0 Å². The first kappa shape index (κ1) is 13.7. The van der Waals surface area contributed by atoms with Gasteiger partial charge in [0.15, 0.2) is 0 Å². The topological polar surface area (TPSA) is 30.5 Å². The average molecular weight is 270 g/mol. The summed E-state index contributed by atoms with van der Waals surface area (Å²) in [6.07, 6.45) is 1.37. The molecule has 0 saturated heterocycles. The maximum atomic E-state index is 5.96. The van der Waals surface area contributed by atoms with Crippen LogP contribution in [0.15, 0.2) is 18.2 Å². The molecule has 1 aromatic rings. The lowest BCUT2D eigenvalue weighted by Gasteiger charge is -2.15. The molecular weight excluding hydrogens is 250 g/mol. The summed E-state index contributed by atoms with van der Waals surface area (Å²) >= 11 is 5.96. The lowest BCUT2D eigenvalue weighted by molar-refractivity contribution is 0.0740. The van der Waals surface area contributed by atoms with Gasteiger partial charge in [-0.3, -0.25) is 0 Å². The summed E-state index contributed by atoms with van der Waals surface area (Å²) in [6, 6.07) is 5.80. The first-order chi connectivity index (χ1) is 8.69. The van der Waals surface area contributed by atoms with Crippen LogP contribution >= 0.6 is 11.6 Å². The van der Waals surface area contributed by atoms with Gasteiger partial charge in [-0.2, -0.15) is 0 Å². The fraction of sp³-hybridized carbons (Fsp3) is 0.571. The van der Waals surface area contributed by atoms with Gasteiger partial charge < -0.3 is 14.8 Å². The molecule has 100 valence electrons. The van der Waals surface area contributed by atoms with Gasteiger partial charge in [0.05, 0.1) is 6.10 Å². The Morgan fingerprint density at radius 1 is 1.56 bits per heavy atom. The Bertz CT molecular complexity index is 397. The predicted molar refractivity (Wildman–Crippen MR) is 73.5 cm³/mol. The zero-order valence-corrected chi connectivity index (χ0v) is 11.7. The molecule has 1 aliphatic rings. The van der Waals surface area contributed by atoms with Crippen LogP contribution in [0.25, 0.3) is 0 Å². The van der Waals surface area contributed by atoms with E-state index in [-0.39, 0.29) is 12.2 Å². The van der Waals surface area contributed by atoms with E-state index in [1.807, 2.05) is 25.1 Å². The van der Waals surface area contributed by atoms with Crippen LogP contribution in [0.3, 0.4) is 0 Å². The molecule has 0 amide bonds. The summed E-state index contributed by atoms with van der Waals surface area (Å²) in [4.78, 5) is 0. The highest BCUT2D eigenvalue weighted by molar-refractivity contribution is 6.30. The molecule has 1 heterocycles. The lowest BCUT2D eigenvalue weighted by Crippen LogP contribution is -2.35. The average Bonchev–Trinajstić information content (AvgIpc) is 2.71. The Balaban J connectivity index is 1.74. The van der Waals surface area contributed by atoms with Crippen molar-refractivity contribution in [3.05, 3.63) is 28.8 Å². The number of nitrogens with one attached hydrogen (secondary N) is 1. The Labute approximate surface area is 113 Å². The summed E-state index contributed by atoms with van der Waals surface area (Å²) in [6.45, 7) is 6.53. The summed E-state index contributed by atoms with van der Waals surface area (Å²) in [5.41, 5.74) is 1.20. The van der Waals surface area contributed by atoms with E-state index in [0.717, 1.165) is 36.9 Å². The van der Waals surface area contributed by atoms with Crippen molar-refractivity contribution in [3.8, 4) is 5.75 Å². The van der Waals surface area contributed by atoms with Crippen molar-refractivity contribution in [2.24, 2.45) is 0 Å². The second-order valence-electron chi connectivity index (χ2n) is 4.62. The van der Waals surface area contributed by atoms with Crippen LogP contribution in [-0.2, 0) is 11.2 Å². The molecule has 0 spiro atoms. The minimum atomic E-state index is 0.201. The zero-order valence-electron chi connectivity index (χ0n) is 10.9. The summed E-state index contributed by atoms with van der Waals surface area (Å²) in [7, 11) is 0. The van der Waals surface area contributed by atoms with Crippen molar-refractivity contribution in [2.75, 3.05) is 19.7 Å². The van der Waals surface area contributed by atoms with E-state index >= 15 is 0 Å². The fourth-order valence-electron chi connectivity index (χ4n) is 2.19. The van der Waals surface area contributed by atoms with E-state index in [9.17, 15) is 0 Å². The Hall–Kier alpha value is -0.770. The molecule has 18 heavy (non-hydrogen) atoms. The molecule has 4 heteroatoms. The molecule has 0 saturated carbocycles. The van der Waals surface area contributed by atoms with Crippen LogP contribution in [0, 0.1) is 0 Å². The molecule has 0 radical (unpaired) electrons. The molecule has 0 fully saturated rings. The predicted octanol–water partition coefficient (Wildman–Crippen LogP) is 2.66. The van der Waals surface area contributed by atoms with Crippen LogP contribution in [0.4, 0.5) is 0 Å². The van der Waals surface area contributed by atoms with Gasteiger partial charge >= 0.3 is 0 Å². The van der Waals surface area contributed by atoms with Crippen LogP contribution in [0.1, 0.15) is 19.4 Å². The highest BCUT2D eigenvalue weighted by Crippen LogP contribution is 2.30. The van der Waals surface area contributed by atoms with Crippen molar-refractivity contribution in [2.45, 2.75) is 32.5 Å². The second-order valence-corrected chi connectivity index (χ2v) is 5.06. The molecule has 2 unspecified atom stereocenters. The number of halogens is 1. The van der Waals surface area contributed by atoms with Gasteiger partial charge in [0.25, 0.3) is 0 Å². The molecular formula is C14H20ClNO2. The molecule has 1 aliphatic heterocycles. The number of hydrogen-bond acceptors (Lipinski definition) is 3. The zero-order chi connectivity index (χ0) is 13.0. The van der Waals surface area contributed by atoms with E-state index in [1.54, 1.807) is 0 Å². The van der Waals surface area contributed by atoms with Crippen molar-refractivity contribution in [1.82, 2.24) is 5.32 Å². The molecule has 0 aliphatic carbocycles. The van der Waals surface area contributed by atoms with Gasteiger partial charge in [-0.25, -0.2) is 0 Å². The quantitative estimate of drug-likeness (QED) is 0.861. The first-order valence-corrected chi connectivity index (χ1v) is 6.84. The molecule has 2 rings (SSSR count). The highest BCUT2D eigenvalue weighted by Gasteiger charge is 2.22. The van der Waals surface area contributed by atoms with Gasteiger partial charge in [0.1, 0.15) is 11.9 Å². The Morgan fingerprint density at radius 3 is 3.17 bits per heavy atom. The smallest absolute Gasteiger partial charge is 0.123 e. The molecule has 1 aromatic carbocycles. The van der Waals surface area contributed by atoms with Gasteiger partial charge in [-0.05, 0) is 37.6 Å². The van der Waals surface area contributed by atoms with E-state index in [2.05, 4.69) is 12.2 Å². The Kier molecular flexibility index (Phi) is 4.87. The first-order valence-electron chi connectivity index (χ1n) is 6.46. The van der Waals surface area contributed by atoms with E-state index in [1.165, 1.54) is 5.56 Å². The SMILES string of the molecule is CCOC(C)CNCC1Cc2cc(Cl)ccc2O1. The Morgan fingerprint density at radius 2 is 2.39 bits per heavy atom. The molecule has 3 nitrogen and oxygen atoms in total. The third kappa shape index (κ3) is 3.61. The van der Waals surface area contributed by atoms with Crippen molar-refractivity contribution < 1.29 is 9.47 Å². The number of rotatable bonds is 6. The minimum Gasteiger partial charge on any atom is -0.488 e. The van der Waals surface area contributed by atoms with Crippen LogP contribution in [0.5, 0.6) is 5.75 Å². The largest absolute Gasteiger partial charge is 0.488 e. The third-order valence-corrected chi connectivity index (χ3v) is 3.25. The van der Waals surface area contributed by atoms with Crippen LogP contribution in [0.2, 0.25) is 5.02 Å². The minimum absolute atomic E-state index is 0.201. The highest BCUT2D eigenvalue weighted by atomic mass is 35.5. The van der Waals surface area contributed by atoms with Gasteiger partial charge in [0, 0.05) is 31.1 Å². The fourth-order valence-corrected chi connectivity index (χ4v) is 2.39. The number of fused-ring (bicyclic) bond motifs is 1. The summed E-state index contributed by atoms with van der Waals surface area (Å²) in [5, 5.41) is 4.15. The van der Waals surface area contributed by atoms with Crippen LogP contribution in [-0.4, -0.2) is 31.9 Å². The van der Waals surface area contributed by atoms with Crippen LogP contribution < -0.4 is 10.1 Å². The monoisotopic (exact) mass is 269 g/mol. The van der Waals surface area contributed by atoms with Crippen molar-refractivity contribution in [3.63, 3.8) is 0 Å². The number of ether oxygens (including phenoxy) is 2. The van der Waals surface area contributed by atoms with E-state index in [4.69, 9.17) is 21.1 Å². The molecule has 2 atom stereocenters. The normalized spacial score (nSPS) is 19.4. The summed E-state index contributed by atoms with van der Waals surface area (Å²) < 4.78 is 11.3. The van der Waals surface area contributed by atoms with Crippen molar-refractivity contribution in [1.29, 1.82) is 0 Å². The van der Waals surface area contributed by atoms with Crippen molar-refractivity contribution >= 4 is 11.6 Å². The molecule has 0 aromatic heterocycles. The maximum Gasteiger partial charge on any atom is 0.123 e. The second kappa shape index (κ2) is 6.41. The van der Waals surface area contributed by atoms with Gasteiger partial charge in [0.2, 0.25) is 0 Å².